The summed E-state index contributed by atoms with van der Waals surface area (Å²) in [5, 5.41) is 15.2. The number of aliphatic hydroxyl groups is 1. The van der Waals surface area contributed by atoms with Gasteiger partial charge in [0.15, 0.2) is 11.6 Å². The maximum Gasteiger partial charge on any atom is 0.314 e. The number of rotatable bonds is 7. The van der Waals surface area contributed by atoms with Gasteiger partial charge in [-0.1, -0.05) is 0 Å². The van der Waals surface area contributed by atoms with Gasteiger partial charge in [-0.15, -0.1) is 0 Å². The Morgan fingerprint density at radius 3 is 1.96 bits per heavy atom. The molecule has 6 heteroatoms. The minimum atomic E-state index is -0.912. The van der Waals surface area contributed by atoms with Gasteiger partial charge in [0, 0.05) is 35.4 Å². The van der Waals surface area contributed by atoms with E-state index >= 15 is 0 Å². The largest absolute Gasteiger partial charge is 0.390 e. The molecule has 24 heavy (non-hydrogen) atoms. The van der Waals surface area contributed by atoms with Crippen LogP contribution >= 0.6 is 0 Å². The van der Waals surface area contributed by atoms with E-state index in [9.17, 15) is 19.5 Å². The Hall–Kier alpha value is -1.95. The van der Waals surface area contributed by atoms with E-state index in [1.54, 1.807) is 27.7 Å². The highest BCUT2D eigenvalue weighted by Gasteiger charge is 2.30. The number of carbonyl (C=O) groups is 3. The molecule has 0 saturated heterocycles. The van der Waals surface area contributed by atoms with Crippen molar-refractivity contribution in [1.29, 1.82) is 0 Å². The SMILES string of the molecule is CCNC(=O)NCCC1=C(CCC(C)(C)O)C(=O)C(C)=C(C)C1=O. The molecule has 134 valence electrons. The van der Waals surface area contributed by atoms with Gasteiger partial charge in [0.1, 0.15) is 0 Å². The van der Waals surface area contributed by atoms with Gasteiger partial charge >= 0.3 is 6.03 Å². The third kappa shape index (κ3) is 5.30. The van der Waals surface area contributed by atoms with Crippen molar-refractivity contribution in [3.8, 4) is 0 Å². The highest BCUT2D eigenvalue weighted by Crippen LogP contribution is 2.30. The first kappa shape index (κ1) is 20.1. The number of hydrogen-bond donors (Lipinski definition) is 3. The molecule has 0 saturated carbocycles. The first-order valence-electron chi connectivity index (χ1n) is 8.31. The predicted octanol–water partition coefficient (Wildman–Crippen LogP) is 2.03. The van der Waals surface area contributed by atoms with Crippen LogP contribution in [-0.2, 0) is 9.59 Å². The lowest BCUT2D eigenvalue weighted by Gasteiger charge is -2.23. The Morgan fingerprint density at radius 2 is 1.50 bits per heavy atom. The fourth-order valence-electron chi connectivity index (χ4n) is 2.55. The summed E-state index contributed by atoms with van der Waals surface area (Å²) in [7, 11) is 0. The van der Waals surface area contributed by atoms with Crippen LogP contribution < -0.4 is 10.6 Å². The van der Waals surface area contributed by atoms with Crippen LogP contribution in [0, 0.1) is 0 Å². The second kappa shape index (κ2) is 8.24. The number of hydrogen-bond acceptors (Lipinski definition) is 4. The molecular formula is C18H28N2O4. The zero-order chi connectivity index (χ0) is 18.5. The smallest absolute Gasteiger partial charge is 0.314 e. The van der Waals surface area contributed by atoms with Crippen molar-refractivity contribution in [1.82, 2.24) is 10.6 Å². The van der Waals surface area contributed by atoms with Crippen LogP contribution in [0.1, 0.15) is 53.9 Å². The van der Waals surface area contributed by atoms with Gasteiger partial charge in [-0.2, -0.15) is 0 Å². The number of nitrogens with one attached hydrogen (secondary N) is 2. The number of carbonyl (C=O) groups excluding carboxylic acids is 3. The summed E-state index contributed by atoms with van der Waals surface area (Å²) < 4.78 is 0. The van der Waals surface area contributed by atoms with E-state index in [0.29, 0.717) is 48.1 Å². The molecule has 0 aromatic carbocycles. The van der Waals surface area contributed by atoms with Gasteiger partial charge in [0.05, 0.1) is 5.60 Å². The second-order valence-corrected chi connectivity index (χ2v) is 6.71. The van der Waals surface area contributed by atoms with Gasteiger partial charge in [0.2, 0.25) is 0 Å². The summed E-state index contributed by atoms with van der Waals surface area (Å²) in [6.07, 6.45) is 1.03. The maximum absolute atomic E-state index is 12.6. The van der Waals surface area contributed by atoms with E-state index in [0.717, 1.165) is 0 Å². The van der Waals surface area contributed by atoms with Gasteiger partial charge < -0.3 is 15.7 Å². The fraction of sp³-hybridized carbons (Fsp3) is 0.611. The average Bonchev–Trinajstić information content (AvgIpc) is 2.48. The summed E-state index contributed by atoms with van der Waals surface area (Å²) in [6.45, 7) is 9.27. The standard InChI is InChI=1S/C18H28N2O4/c1-6-19-17(23)20-10-8-14-13(7-9-18(4,5)24)15(21)11(2)12(3)16(14)22/h24H,6-10H2,1-5H3,(H2,19,20,23). The molecule has 0 bridgehead atoms. The average molecular weight is 336 g/mol. The van der Waals surface area contributed by atoms with Gasteiger partial charge in [0.25, 0.3) is 0 Å². The topological polar surface area (TPSA) is 95.5 Å². The van der Waals surface area contributed by atoms with Crippen molar-refractivity contribution in [3.05, 3.63) is 22.3 Å². The molecule has 0 atom stereocenters. The highest BCUT2D eigenvalue weighted by atomic mass is 16.3. The second-order valence-electron chi connectivity index (χ2n) is 6.71. The zero-order valence-electron chi connectivity index (χ0n) is 15.2. The van der Waals surface area contributed by atoms with Crippen molar-refractivity contribution >= 4 is 17.6 Å². The summed E-state index contributed by atoms with van der Waals surface area (Å²) in [6, 6.07) is -0.297. The summed E-state index contributed by atoms with van der Waals surface area (Å²) in [5.74, 6) is -0.278. The number of allylic oxidation sites excluding steroid dienone is 3. The minimum Gasteiger partial charge on any atom is -0.390 e. The zero-order valence-corrected chi connectivity index (χ0v) is 15.2. The summed E-state index contributed by atoms with van der Waals surface area (Å²) >= 11 is 0. The van der Waals surface area contributed by atoms with Crippen LogP contribution in [0.25, 0.3) is 0 Å². The van der Waals surface area contributed by atoms with Crippen molar-refractivity contribution in [2.45, 2.75) is 59.5 Å². The summed E-state index contributed by atoms with van der Waals surface area (Å²) in [5.41, 5.74) is 0.920. The van der Waals surface area contributed by atoms with Crippen LogP contribution in [0.2, 0.25) is 0 Å². The molecule has 6 nitrogen and oxygen atoms in total. The molecule has 3 N–H and O–H groups in total. The normalized spacial score (nSPS) is 15.9. The molecule has 2 amide bonds. The van der Waals surface area contributed by atoms with Crippen molar-refractivity contribution in [3.63, 3.8) is 0 Å². The molecule has 0 fully saturated rings. The number of urea groups is 1. The first-order valence-corrected chi connectivity index (χ1v) is 8.31. The van der Waals surface area contributed by atoms with Gasteiger partial charge in [-0.05, 0) is 53.9 Å². The maximum atomic E-state index is 12.6. The molecule has 0 aromatic heterocycles. The van der Waals surface area contributed by atoms with Crippen LogP contribution in [-0.4, -0.2) is 41.4 Å². The van der Waals surface area contributed by atoms with Gasteiger partial charge in [-0.3, -0.25) is 9.59 Å². The van der Waals surface area contributed by atoms with Crippen molar-refractivity contribution < 1.29 is 19.5 Å². The molecule has 0 unspecified atom stereocenters. The van der Waals surface area contributed by atoms with E-state index in [1.807, 2.05) is 6.92 Å². The summed E-state index contributed by atoms with van der Waals surface area (Å²) in [4.78, 5) is 36.6. The van der Waals surface area contributed by atoms with E-state index in [4.69, 9.17) is 0 Å². The molecule has 0 spiro atoms. The molecule has 1 rings (SSSR count). The van der Waals surface area contributed by atoms with Crippen LogP contribution in [0.15, 0.2) is 22.3 Å². The Balaban J connectivity index is 2.95. The van der Waals surface area contributed by atoms with E-state index in [2.05, 4.69) is 10.6 Å². The monoisotopic (exact) mass is 336 g/mol. The van der Waals surface area contributed by atoms with Gasteiger partial charge in [-0.25, -0.2) is 4.79 Å². The van der Waals surface area contributed by atoms with Crippen LogP contribution in [0.5, 0.6) is 0 Å². The van der Waals surface area contributed by atoms with E-state index in [-0.39, 0.29) is 24.1 Å². The molecule has 0 radical (unpaired) electrons. The van der Waals surface area contributed by atoms with Crippen molar-refractivity contribution in [2.75, 3.05) is 13.1 Å². The lowest BCUT2D eigenvalue weighted by molar-refractivity contribution is -0.116. The lowest BCUT2D eigenvalue weighted by atomic mass is 9.81. The highest BCUT2D eigenvalue weighted by molar-refractivity contribution is 6.24. The Morgan fingerprint density at radius 1 is 1.00 bits per heavy atom. The third-order valence-electron chi connectivity index (χ3n) is 4.14. The third-order valence-corrected chi connectivity index (χ3v) is 4.14. The Labute approximate surface area is 143 Å². The van der Waals surface area contributed by atoms with Crippen molar-refractivity contribution in [2.24, 2.45) is 0 Å². The molecule has 1 aliphatic carbocycles. The van der Waals surface area contributed by atoms with Crippen LogP contribution in [0.4, 0.5) is 4.79 Å². The first-order chi connectivity index (χ1) is 11.1. The lowest BCUT2D eigenvalue weighted by Crippen LogP contribution is -2.36. The fourth-order valence-corrected chi connectivity index (χ4v) is 2.55. The van der Waals surface area contributed by atoms with E-state index < -0.39 is 5.60 Å². The quantitative estimate of drug-likeness (QED) is 0.620. The minimum absolute atomic E-state index is 0.135. The molecule has 0 aliphatic heterocycles. The Kier molecular flexibility index (Phi) is 6.90. The predicted molar refractivity (Wildman–Crippen MR) is 92.6 cm³/mol. The Bertz CT molecular complexity index is 595. The molecular weight excluding hydrogens is 308 g/mol. The number of ketones is 2. The van der Waals surface area contributed by atoms with E-state index in [1.165, 1.54) is 0 Å². The number of amides is 2. The molecule has 1 aliphatic rings. The molecule has 0 aromatic rings. The van der Waals surface area contributed by atoms with Crippen LogP contribution in [0.3, 0.4) is 0 Å². The number of Topliss-reactive ketones (excluding diaryl/α,β-unsaturated/α-hetero) is 2. The molecule has 0 heterocycles.